The molecule has 0 saturated heterocycles. The van der Waals surface area contributed by atoms with Gasteiger partial charge in [-0.25, -0.2) is 0 Å². The fourth-order valence-corrected chi connectivity index (χ4v) is 4.32. The highest BCUT2D eigenvalue weighted by molar-refractivity contribution is 6.33. The lowest BCUT2D eigenvalue weighted by Crippen LogP contribution is -2.53. The third kappa shape index (κ3) is 2.67. The van der Waals surface area contributed by atoms with E-state index in [0.29, 0.717) is 21.3 Å². The van der Waals surface area contributed by atoms with Crippen molar-refractivity contribution in [2.75, 3.05) is 10.2 Å². The quantitative estimate of drug-likeness (QED) is 0.707. The minimum absolute atomic E-state index is 0.265. The van der Waals surface area contributed by atoms with Crippen LogP contribution < -0.4 is 10.2 Å². The number of nitrogens with zero attached hydrogens (tertiary/aromatic N) is 1. The zero-order valence-electron chi connectivity index (χ0n) is 16.4. The second-order valence-electron chi connectivity index (χ2n) is 8.28. The molecule has 154 valence electrons. The van der Waals surface area contributed by atoms with E-state index in [1.165, 1.54) is 6.07 Å². The Morgan fingerprint density at radius 2 is 1.73 bits per heavy atom. The minimum Gasteiger partial charge on any atom is -0.503 e. The third-order valence-corrected chi connectivity index (χ3v) is 5.73. The fourth-order valence-electron chi connectivity index (χ4n) is 3.96. The van der Waals surface area contributed by atoms with Crippen molar-refractivity contribution < 1.29 is 19.5 Å². The number of carbonyl (C=O) groups excluding carboxylic acids is 3. The molecular weight excluding hydrogens is 427 g/mol. The van der Waals surface area contributed by atoms with E-state index in [1.54, 1.807) is 57.2 Å². The average molecular weight is 445 g/mol. The van der Waals surface area contributed by atoms with Crippen LogP contribution in [0, 0.1) is 5.41 Å². The molecule has 6 nitrogen and oxygen atoms in total. The van der Waals surface area contributed by atoms with Crippen molar-refractivity contribution >= 4 is 52.2 Å². The number of aliphatic hydroxyl groups is 1. The van der Waals surface area contributed by atoms with Crippen molar-refractivity contribution in [1.82, 2.24) is 0 Å². The standard InChI is InChI=1S/C22H18Cl2N2O4/c1-21(2,3)18(28)16-17(27)19(29)26(13-6-4-5-11(23)9-13)22(16)14-8-7-12(24)10-15(14)25-20(22)30/h4-10,27H,1-3H3,(H,25,30). The molecule has 0 bridgehead atoms. The molecule has 0 aliphatic carbocycles. The van der Waals surface area contributed by atoms with Gasteiger partial charge in [-0.1, -0.05) is 56.1 Å². The molecule has 2 aromatic rings. The van der Waals surface area contributed by atoms with Gasteiger partial charge in [-0.15, -0.1) is 0 Å². The average Bonchev–Trinajstić information content (AvgIpc) is 3.05. The van der Waals surface area contributed by atoms with E-state index >= 15 is 0 Å². The van der Waals surface area contributed by atoms with E-state index in [9.17, 15) is 19.5 Å². The summed E-state index contributed by atoms with van der Waals surface area (Å²) in [5.41, 5.74) is -2.12. The lowest BCUT2D eigenvalue weighted by Gasteiger charge is -2.36. The van der Waals surface area contributed by atoms with Crippen LogP contribution >= 0.6 is 23.2 Å². The number of rotatable bonds is 2. The first-order valence-corrected chi connectivity index (χ1v) is 9.95. The number of Topliss-reactive ketones (excluding diaryl/α,β-unsaturated/α-hetero) is 1. The van der Waals surface area contributed by atoms with Gasteiger partial charge in [-0.2, -0.15) is 0 Å². The number of nitrogens with one attached hydrogen (secondary N) is 1. The monoisotopic (exact) mass is 444 g/mol. The molecule has 2 aliphatic rings. The van der Waals surface area contributed by atoms with Crippen LogP contribution in [0.5, 0.6) is 0 Å². The number of fused-ring (bicyclic) bond motifs is 2. The third-order valence-electron chi connectivity index (χ3n) is 5.26. The van der Waals surface area contributed by atoms with Gasteiger partial charge >= 0.3 is 0 Å². The Kier molecular flexibility index (Phi) is 4.49. The SMILES string of the molecule is CC(C)(C)C(=O)C1=C(O)C(=O)N(c2cccc(Cl)c2)C12C(=O)Nc1cc(Cl)ccc12. The smallest absolute Gasteiger partial charge is 0.295 e. The summed E-state index contributed by atoms with van der Waals surface area (Å²) < 4.78 is 0. The Labute approximate surface area is 183 Å². The highest BCUT2D eigenvalue weighted by Gasteiger charge is 2.65. The van der Waals surface area contributed by atoms with Crippen LogP contribution in [0.25, 0.3) is 0 Å². The number of aliphatic hydroxyl groups excluding tert-OH is 1. The number of benzene rings is 2. The second kappa shape index (κ2) is 6.59. The maximum absolute atomic E-state index is 13.5. The van der Waals surface area contributed by atoms with E-state index in [4.69, 9.17) is 23.2 Å². The Morgan fingerprint density at radius 3 is 2.37 bits per heavy atom. The molecule has 0 fully saturated rings. The molecule has 2 amide bonds. The van der Waals surface area contributed by atoms with Crippen LogP contribution in [0.1, 0.15) is 26.3 Å². The number of hydrogen-bond acceptors (Lipinski definition) is 4. The van der Waals surface area contributed by atoms with Gasteiger partial charge in [0, 0.05) is 32.4 Å². The van der Waals surface area contributed by atoms with Gasteiger partial charge in [0.15, 0.2) is 17.1 Å². The normalized spacial score (nSPS) is 20.8. The van der Waals surface area contributed by atoms with E-state index < -0.39 is 34.3 Å². The number of hydrogen-bond donors (Lipinski definition) is 2. The molecule has 1 spiro atoms. The maximum Gasteiger partial charge on any atom is 0.295 e. The lowest BCUT2D eigenvalue weighted by atomic mass is 9.75. The van der Waals surface area contributed by atoms with Gasteiger partial charge in [0.1, 0.15) is 0 Å². The molecule has 2 heterocycles. The summed E-state index contributed by atoms with van der Waals surface area (Å²) in [6.45, 7) is 4.97. The van der Waals surface area contributed by atoms with E-state index in [1.807, 2.05) is 0 Å². The van der Waals surface area contributed by atoms with Crippen LogP contribution in [0.15, 0.2) is 53.8 Å². The van der Waals surface area contributed by atoms with Crippen molar-refractivity contribution in [1.29, 1.82) is 0 Å². The highest BCUT2D eigenvalue weighted by Crippen LogP contribution is 2.54. The molecular formula is C22H18Cl2N2O4. The molecule has 1 atom stereocenters. The predicted octanol–water partition coefficient (Wildman–Crippen LogP) is 4.61. The van der Waals surface area contributed by atoms with E-state index in [2.05, 4.69) is 5.32 Å². The van der Waals surface area contributed by atoms with Crippen LogP contribution in [0.4, 0.5) is 11.4 Å². The van der Waals surface area contributed by atoms with Crippen LogP contribution in [0.3, 0.4) is 0 Å². The summed E-state index contributed by atoms with van der Waals surface area (Å²) in [5.74, 6) is -2.77. The fraction of sp³-hybridized carbons (Fsp3) is 0.227. The van der Waals surface area contributed by atoms with Crippen molar-refractivity contribution in [3.63, 3.8) is 0 Å². The molecule has 1 unspecified atom stereocenters. The zero-order valence-corrected chi connectivity index (χ0v) is 17.9. The summed E-state index contributed by atoms with van der Waals surface area (Å²) in [6.07, 6.45) is 0. The van der Waals surface area contributed by atoms with Crippen molar-refractivity contribution in [3.8, 4) is 0 Å². The first-order chi connectivity index (χ1) is 14.0. The summed E-state index contributed by atoms with van der Waals surface area (Å²) in [6, 6.07) is 11.0. The Balaban J connectivity index is 2.10. The number of halogens is 2. The molecule has 0 radical (unpaired) electrons. The maximum atomic E-state index is 13.5. The van der Waals surface area contributed by atoms with Crippen LogP contribution in [-0.2, 0) is 19.9 Å². The van der Waals surface area contributed by atoms with E-state index in [0.717, 1.165) is 4.90 Å². The van der Waals surface area contributed by atoms with Gasteiger partial charge < -0.3 is 10.4 Å². The van der Waals surface area contributed by atoms with Crippen molar-refractivity contribution in [2.24, 2.45) is 5.41 Å². The predicted molar refractivity (Wildman–Crippen MR) is 115 cm³/mol. The summed E-state index contributed by atoms with van der Waals surface area (Å²) in [7, 11) is 0. The van der Waals surface area contributed by atoms with Gasteiger partial charge in [-0.05, 0) is 30.3 Å². The number of amides is 2. The Bertz CT molecular complexity index is 1170. The second-order valence-corrected chi connectivity index (χ2v) is 9.15. The van der Waals surface area contributed by atoms with Crippen LogP contribution in [0.2, 0.25) is 10.0 Å². The number of carbonyl (C=O) groups is 3. The minimum atomic E-state index is -1.88. The van der Waals surface area contributed by atoms with Gasteiger partial charge in [-0.3, -0.25) is 19.3 Å². The Morgan fingerprint density at radius 1 is 1.07 bits per heavy atom. The zero-order chi connectivity index (χ0) is 22.0. The Hall–Kier alpha value is -2.83. The number of ketones is 1. The first kappa shape index (κ1) is 20.4. The topological polar surface area (TPSA) is 86.7 Å². The molecule has 0 aromatic heterocycles. The summed E-state index contributed by atoms with van der Waals surface area (Å²) in [5, 5.41) is 14.3. The van der Waals surface area contributed by atoms with Crippen molar-refractivity contribution in [2.45, 2.75) is 26.3 Å². The molecule has 30 heavy (non-hydrogen) atoms. The van der Waals surface area contributed by atoms with Gasteiger partial charge in [0.2, 0.25) is 0 Å². The van der Waals surface area contributed by atoms with Crippen molar-refractivity contribution in [3.05, 3.63) is 69.4 Å². The number of anilines is 2. The first-order valence-electron chi connectivity index (χ1n) is 9.19. The molecule has 2 aromatic carbocycles. The highest BCUT2D eigenvalue weighted by atomic mass is 35.5. The molecule has 2 aliphatic heterocycles. The molecule has 4 rings (SSSR count). The summed E-state index contributed by atoms with van der Waals surface area (Å²) in [4.78, 5) is 41.3. The molecule has 0 saturated carbocycles. The van der Waals surface area contributed by atoms with E-state index in [-0.39, 0.29) is 11.3 Å². The molecule has 2 N–H and O–H groups in total. The largest absolute Gasteiger partial charge is 0.503 e. The van der Waals surface area contributed by atoms with Crippen LogP contribution in [-0.4, -0.2) is 22.7 Å². The van der Waals surface area contributed by atoms with Gasteiger partial charge in [0.25, 0.3) is 11.8 Å². The summed E-state index contributed by atoms with van der Waals surface area (Å²) >= 11 is 12.2. The van der Waals surface area contributed by atoms with Gasteiger partial charge in [0.05, 0.1) is 5.57 Å². The lowest BCUT2D eigenvalue weighted by molar-refractivity contribution is -0.127. The molecule has 8 heteroatoms.